The van der Waals surface area contributed by atoms with E-state index in [1.165, 1.54) is 6.92 Å². The molecule has 0 aliphatic heterocycles. The minimum atomic E-state index is -0.0788. The highest BCUT2D eigenvalue weighted by Gasteiger charge is 2.10. The fraction of sp³-hybridized carbons (Fsp3) is 0.111. The van der Waals surface area contributed by atoms with Crippen LogP contribution in [0.3, 0.4) is 0 Å². The van der Waals surface area contributed by atoms with E-state index in [0.29, 0.717) is 0 Å². The molecule has 116 valence electrons. The molecule has 0 spiro atoms. The number of aromatic nitrogens is 1. The maximum atomic E-state index is 11.1. The number of carbonyl (C=O) groups excluding carboxylic acids is 1. The van der Waals surface area contributed by atoms with Gasteiger partial charge in [-0.25, -0.2) is 4.98 Å². The summed E-state index contributed by atoms with van der Waals surface area (Å²) < 4.78 is 5.39. The van der Waals surface area contributed by atoms with E-state index in [2.05, 4.69) is 5.32 Å². The molecule has 1 N–H and O–H groups in total. The first kappa shape index (κ1) is 15.2. The van der Waals surface area contributed by atoms with E-state index in [1.807, 2.05) is 53.9 Å². The van der Waals surface area contributed by atoms with E-state index in [0.717, 1.165) is 33.3 Å². The van der Waals surface area contributed by atoms with Gasteiger partial charge in [0.1, 0.15) is 10.8 Å². The fourth-order valence-corrected chi connectivity index (χ4v) is 3.14. The van der Waals surface area contributed by atoms with Crippen molar-refractivity contribution in [1.29, 1.82) is 0 Å². The first-order chi connectivity index (χ1) is 11.2. The highest BCUT2D eigenvalue weighted by molar-refractivity contribution is 7.13. The topological polar surface area (TPSA) is 51.2 Å². The van der Waals surface area contributed by atoms with Crippen molar-refractivity contribution in [1.82, 2.24) is 4.98 Å². The summed E-state index contributed by atoms with van der Waals surface area (Å²) in [5.74, 6) is 0.735. The SMILES string of the molecule is COc1ccccc1-c1nc(-c2ccc(NC(C)=O)cc2)cs1. The third kappa shape index (κ3) is 3.40. The van der Waals surface area contributed by atoms with Crippen LogP contribution in [0, 0.1) is 0 Å². The van der Waals surface area contributed by atoms with Gasteiger partial charge in [0.15, 0.2) is 0 Å². The van der Waals surface area contributed by atoms with Crippen LogP contribution in [0.5, 0.6) is 5.75 Å². The van der Waals surface area contributed by atoms with Crippen molar-refractivity contribution in [3.8, 4) is 27.6 Å². The number of nitrogens with zero attached hydrogens (tertiary/aromatic N) is 1. The summed E-state index contributed by atoms with van der Waals surface area (Å²) in [6, 6.07) is 15.5. The van der Waals surface area contributed by atoms with Crippen molar-refractivity contribution in [2.75, 3.05) is 12.4 Å². The molecule has 0 saturated heterocycles. The fourth-order valence-electron chi connectivity index (χ4n) is 2.28. The summed E-state index contributed by atoms with van der Waals surface area (Å²) in [5.41, 5.74) is 3.68. The maximum absolute atomic E-state index is 11.1. The number of rotatable bonds is 4. The van der Waals surface area contributed by atoms with E-state index in [9.17, 15) is 4.79 Å². The number of amides is 1. The zero-order valence-corrected chi connectivity index (χ0v) is 13.7. The molecule has 0 radical (unpaired) electrons. The molecule has 4 nitrogen and oxygen atoms in total. The average Bonchev–Trinajstić information content (AvgIpc) is 3.05. The summed E-state index contributed by atoms with van der Waals surface area (Å²) in [6.45, 7) is 1.49. The van der Waals surface area contributed by atoms with Crippen LogP contribution in [0.1, 0.15) is 6.92 Å². The van der Waals surface area contributed by atoms with Gasteiger partial charge in [0.05, 0.1) is 18.4 Å². The van der Waals surface area contributed by atoms with E-state index in [4.69, 9.17) is 9.72 Å². The van der Waals surface area contributed by atoms with Gasteiger partial charge in [-0.1, -0.05) is 24.3 Å². The molecule has 0 atom stereocenters. The Labute approximate surface area is 138 Å². The quantitative estimate of drug-likeness (QED) is 0.771. The first-order valence-corrected chi connectivity index (χ1v) is 8.02. The lowest BCUT2D eigenvalue weighted by Gasteiger charge is -2.05. The normalized spacial score (nSPS) is 10.3. The summed E-state index contributed by atoms with van der Waals surface area (Å²) in [6.07, 6.45) is 0. The van der Waals surface area contributed by atoms with Gasteiger partial charge in [-0.05, 0) is 24.3 Å². The van der Waals surface area contributed by atoms with Crippen LogP contribution in [0.25, 0.3) is 21.8 Å². The van der Waals surface area contributed by atoms with Gasteiger partial charge in [-0.3, -0.25) is 4.79 Å². The molecule has 0 saturated carbocycles. The number of benzene rings is 2. The molecule has 1 aromatic heterocycles. The average molecular weight is 324 g/mol. The van der Waals surface area contributed by atoms with Crippen molar-refractivity contribution < 1.29 is 9.53 Å². The van der Waals surface area contributed by atoms with Gasteiger partial charge >= 0.3 is 0 Å². The van der Waals surface area contributed by atoms with Gasteiger partial charge in [0, 0.05) is 23.6 Å². The van der Waals surface area contributed by atoms with Crippen molar-refractivity contribution in [2.45, 2.75) is 6.92 Å². The molecule has 0 aliphatic carbocycles. The summed E-state index contributed by atoms with van der Waals surface area (Å²) >= 11 is 1.58. The monoisotopic (exact) mass is 324 g/mol. The molecule has 3 aromatic rings. The van der Waals surface area contributed by atoms with Crippen LogP contribution in [-0.4, -0.2) is 18.0 Å². The number of hydrogen-bond donors (Lipinski definition) is 1. The summed E-state index contributed by atoms with van der Waals surface area (Å²) in [4.78, 5) is 15.8. The van der Waals surface area contributed by atoms with E-state index in [1.54, 1.807) is 18.4 Å². The number of para-hydroxylation sites is 1. The Balaban J connectivity index is 1.88. The molecule has 23 heavy (non-hydrogen) atoms. The van der Waals surface area contributed by atoms with E-state index >= 15 is 0 Å². The number of anilines is 1. The highest BCUT2D eigenvalue weighted by Crippen LogP contribution is 2.34. The number of methoxy groups -OCH3 is 1. The van der Waals surface area contributed by atoms with Crippen LogP contribution in [0.2, 0.25) is 0 Å². The molecule has 1 amide bonds. The number of nitrogens with one attached hydrogen (secondary N) is 1. The second-order valence-electron chi connectivity index (χ2n) is 5.00. The zero-order chi connectivity index (χ0) is 16.2. The Bertz CT molecular complexity index is 825. The second-order valence-corrected chi connectivity index (χ2v) is 5.85. The Morgan fingerprint density at radius 3 is 2.57 bits per heavy atom. The standard InChI is InChI=1S/C18H16N2O2S/c1-12(21)19-14-9-7-13(8-10-14)16-11-23-18(20-16)15-5-3-4-6-17(15)22-2/h3-11H,1-2H3,(H,19,21). The predicted molar refractivity (Wildman–Crippen MR) is 93.8 cm³/mol. The molecular formula is C18H16N2O2S. The van der Waals surface area contributed by atoms with Gasteiger partial charge in [0.25, 0.3) is 0 Å². The largest absolute Gasteiger partial charge is 0.496 e. The number of hydrogen-bond acceptors (Lipinski definition) is 4. The van der Waals surface area contributed by atoms with Crippen molar-refractivity contribution in [2.24, 2.45) is 0 Å². The number of ether oxygens (including phenoxy) is 1. The molecule has 0 unspecified atom stereocenters. The Hall–Kier alpha value is -2.66. The molecular weight excluding hydrogens is 308 g/mol. The van der Waals surface area contributed by atoms with Gasteiger partial charge in [0.2, 0.25) is 5.91 Å². The smallest absolute Gasteiger partial charge is 0.221 e. The maximum Gasteiger partial charge on any atom is 0.221 e. The van der Waals surface area contributed by atoms with Crippen LogP contribution >= 0.6 is 11.3 Å². The third-order valence-electron chi connectivity index (χ3n) is 3.34. The Morgan fingerprint density at radius 1 is 1.13 bits per heavy atom. The van der Waals surface area contributed by atoms with Crippen LogP contribution in [-0.2, 0) is 4.79 Å². The van der Waals surface area contributed by atoms with Gasteiger partial charge in [-0.2, -0.15) is 0 Å². The molecule has 5 heteroatoms. The van der Waals surface area contributed by atoms with E-state index < -0.39 is 0 Å². The summed E-state index contributed by atoms with van der Waals surface area (Å²) in [7, 11) is 1.66. The van der Waals surface area contributed by atoms with Crippen molar-refractivity contribution >= 4 is 22.9 Å². The predicted octanol–water partition coefficient (Wildman–Crippen LogP) is 4.44. The minimum absolute atomic E-state index is 0.0788. The van der Waals surface area contributed by atoms with Gasteiger partial charge < -0.3 is 10.1 Å². The zero-order valence-electron chi connectivity index (χ0n) is 12.9. The Kier molecular flexibility index (Phi) is 4.39. The molecule has 0 bridgehead atoms. The Morgan fingerprint density at radius 2 is 1.87 bits per heavy atom. The van der Waals surface area contributed by atoms with Crippen LogP contribution in [0.4, 0.5) is 5.69 Å². The number of carbonyl (C=O) groups is 1. The minimum Gasteiger partial charge on any atom is -0.496 e. The second kappa shape index (κ2) is 6.62. The van der Waals surface area contributed by atoms with Crippen LogP contribution in [0.15, 0.2) is 53.9 Å². The molecule has 0 fully saturated rings. The van der Waals surface area contributed by atoms with Crippen LogP contribution < -0.4 is 10.1 Å². The summed E-state index contributed by atoms with van der Waals surface area (Å²) in [5, 5.41) is 5.70. The molecule has 3 rings (SSSR count). The van der Waals surface area contributed by atoms with Crippen molar-refractivity contribution in [3.63, 3.8) is 0 Å². The molecule has 2 aromatic carbocycles. The lowest BCUT2D eigenvalue weighted by atomic mass is 10.1. The lowest BCUT2D eigenvalue weighted by Crippen LogP contribution is -2.05. The lowest BCUT2D eigenvalue weighted by molar-refractivity contribution is -0.114. The molecule has 0 aliphatic rings. The molecule has 1 heterocycles. The number of thiazole rings is 1. The highest BCUT2D eigenvalue weighted by atomic mass is 32.1. The van der Waals surface area contributed by atoms with Crippen molar-refractivity contribution in [3.05, 3.63) is 53.9 Å². The van der Waals surface area contributed by atoms with Gasteiger partial charge in [-0.15, -0.1) is 11.3 Å². The van der Waals surface area contributed by atoms with E-state index in [-0.39, 0.29) is 5.91 Å². The third-order valence-corrected chi connectivity index (χ3v) is 4.22. The first-order valence-electron chi connectivity index (χ1n) is 7.14.